The SMILES string of the molecule is CC(C)C(C)(C)CCCCOC(=O)CN1CCN(C)CC1. The third-order valence-electron chi connectivity index (χ3n) is 4.99. The van der Waals surface area contributed by atoms with E-state index in [4.69, 9.17) is 4.74 Å². The summed E-state index contributed by atoms with van der Waals surface area (Å²) in [5, 5.41) is 0. The molecule has 0 amide bonds. The van der Waals surface area contributed by atoms with Crippen LogP contribution in [0, 0.1) is 11.3 Å². The summed E-state index contributed by atoms with van der Waals surface area (Å²) in [6.07, 6.45) is 3.30. The van der Waals surface area contributed by atoms with Gasteiger partial charge in [0.1, 0.15) is 0 Å². The van der Waals surface area contributed by atoms with Crippen molar-refractivity contribution in [3.63, 3.8) is 0 Å². The number of carbonyl (C=O) groups excluding carboxylic acids is 1. The Labute approximate surface area is 130 Å². The maximum absolute atomic E-state index is 11.8. The summed E-state index contributed by atoms with van der Waals surface area (Å²) in [6, 6.07) is 0. The van der Waals surface area contributed by atoms with Crippen molar-refractivity contribution >= 4 is 5.97 Å². The first-order valence-corrected chi connectivity index (χ1v) is 8.38. The number of unbranched alkanes of at least 4 members (excludes halogenated alkanes) is 1. The van der Waals surface area contributed by atoms with Gasteiger partial charge in [0, 0.05) is 26.2 Å². The van der Waals surface area contributed by atoms with Gasteiger partial charge in [0.15, 0.2) is 0 Å². The van der Waals surface area contributed by atoms with Crippen LogP contribution in [0.5, 0.6) is 0 Å². The minimum atomic E-state index is -0.0670. The second-order valence-corrected chi connectivity index (χ2v) is 7.40. The number of piperazine rings is 1. The number of ether oxygens (including phenoxy) is 1. The van der Waals surface area contributed by atoms with Gasteiger partial charge in [-0.3, -0.25) is 9.69 Å². The molecule has 0 saturated carbocycles. The summed E-state index contributed by atoms with van der Waals surface area (Å²) in [5.41, 5.74) is 0.379. The summed E-state index contributed by atoms with van der Waals surface area (Å²) in [4.78, 5) is 16.3. The van der Waals surface area contributed by atoms with Crippen LogP contribution in [0.15, 0.2) is 0 Å². The van der Waals surface area contributed by atoms with Crippen molar-refractivity contribution in [2.75, 3.05) is 46.4 Å². The number of hydrogen-bond acceptors (Lipinski definition) is 4. The lowest BCUT2D eigenvalue weighted by Gasteiger charge is -2.31. The van der Waals surface area contributed by atoms with Crippen LogP contribution in [-0.4, -0.2) is 62.1 Å². The van der Waals surface area contributed by atoms with E-state index in [9.17, 15) is 4.79 Å². The summed E-state index contributed by atoms with van der Waals surface area (Å²) in [5.74, 6) is 0.625. The first kappa shape index (κ1) is 18.4. The van der Waals surface area contributed by atoms with Gasteiger partial charge in [-0.1, -0.05) is 27.7 Å². The minimum absolute atomic E-state index is 0.0670. The Hall–Kier alpha value is -0.610. The van der Waals surface area contributed by atoms with Crippen molar-refractivity contribution in [3.05, 3.63) is 0 Å². The molecule has 0 aromatic heterocycles. The van der Waals surface area contributed by atoms with E-state index in [1.165, 1.54) is 6.42 Å². The van der Waals surface area contributed by atoms with E-state index in [2.05, 4.69) is 44.5 Å². The molecule has 1 aliphatic rings. The Kier molecular flexibility index (Phi) is 7.67. The molecule has 4 heteroatoms. The van der Waals surface area contributed by atoms with Gasteiger partial charge >= 0.3 is 5.97 Å². The normalized spacial score (nSPS) is 18.2. The number of hydrogen-bond donors (Lipinski definition) is 0. The van der Waals surface area contributed by atoms with E-state index in [-0.39, 0.29) is 5.97 Å². The number of carbonyl (C=O) groups is 1. The average Bonchev–Trinajstić information content (AvgIpc) is 2.40. The van der Waals surface area contributed by atoms with E-state index < -0.39 is 0 Å². The number of nitrogens with zero attached hydrogens (tertiary/aromatic N) is 2. The van der Waals surface area contributed by atoms with Crippen molar-refractivity contribution in [1.29, 1.82) is 0 Å². The van der Waals surface area contributed by atoms with Crippen molar-refractivity contribution in [3.8, 4) is 0 Å². The predicted molar refractivity (Wildman–Crippen MR) is 87.4 cm³/mol. The van der Waals surface area contributed by atoms with Crippen molar-refractivity contribution in [1.82, 2.24) is 9.80 Å². The second-order valence-electron chi connectivity index (χ2n) is 7.40. The maximum Gasteiger partial charge on any atom is 0.320 e. The highest BCUT2D eigenvalue weighted by Gasteiger charge is 2.21. The van der Waals surface area contributed by atoms with Crippen LogP contribution < -0.4 is 0 Å². The molecule has 0 unspecified atom stereocenters. The summed E-state index contributed by atoms with van der Waals surface area (Å²) < 4.78 is 5.35. The molecule has 124 valence electrons. The van der Waals surface area contributed by atoms with Crippen molar-refractivity contribution in [2.24, 2.45) is 11.3 Å². The molecule has 0 aromatic rings. The zero-order valence-electron chi connectivity index (χ0n) is 14.7. The smallest absolute Gasteiger partial charge is 0.320 e. The van der Waals surface area contributed by atoms with Crippen LogP contribution in [0.3, 0.4) is 0 Å². The zero-order valence-corrected chi connectivity index (χ0v) is 14.7. The molecule has 4 nitrogen and oxygen atoms in total. The Bertz CT molecular complexity index is 308. The van der Waals surface area contributed by atoms with Crippen LogP contribution in [0.1, 0.15) is 47.0 Å². The lowest BCUT2D eigenvalue weighted by molar-refractivity contribution is -0.145. The van der Waals surface area contributed by atoms with Crippen molar-refractivity contribution in [2.45, 2.75) is 47.0 Å². The highest BCUT2D eigenvalue weighted by Crippen LogP contribution is 2.31. The lowest BCUT2D eigenvalue weighted by atomic mass is 9.77. The van der Waals surface area contributed by atoms with Gasteiger partial charge in [0.2, 0.25) is 0 Å². The van der Waals surface area contributed by atoms with Crippen LogP contribution >= 0.6 is 0 Å². The van der Waals surface area contributed by atoms with Gasteiger partial charge in [-0.25, -0.2) is 0 Å². The molecule has 0 aliphatic carbocycles. The fourth-order valence-electron chi connectivity index (χ4n) is 2.39. The van der Waals surface area contributed by atoms with Crippen LogP contribution in [0.25, 0.3) is 0 Å². The largest absolute Gasteiger partial charge is 0.465 e. The molecular weight excluding hydrogens is 264 g/mol. The van der Waals surface area contributed by atoms with E-state index in [0.717, 1.165) is 39.0 Å². The molecule has 1 fully saturated rings. The number of rotatable bonds is 8. The van der Waals surface area contributed by atoms with Crippen LogP contribution in [0.4, 0.5) is 0 Å². The second kappa shape index (κ2) is 8.74. The molecule has 0 spiro atoms. The standard InChI is InChI=1S/C17H34N2O2/c1-15(2)17(3,4)8-6-7-13-21-16(20)14-19-11-9-18(5)10-12-19/h15H,6-14H2,1-5H3. The van der Waals surface area contributed by atoms with E-state index in [1.54, 1.807) is 0 Å². The van der Waals surface area contributed by atoms with Gasteiger partial charge in [-0.15, -0.1) is 0 Å². The molecular formula is C17H34N2O2. The first-order chi connectivity index (χ1) is 9.81. The molecule has 0 bridgehead atoms. The van der Waals surface area contributed by atoms with Gasteiger partial charge in [0.25, 0.3) is 0 Å². The molecule has 0 N–H and O–H groups in total. The van der Waals surface area contributed by atoms with Gasteiger partial charge in [-0.05, 0) is 37.6 Å². The third kappa shape index (κ3) is 7.28. The summed E-state index contributed by atoms with van der Waals surface area (Å²) >= 11 is 0. The summed E-state index contributed by atoms with van der Waals surface area (Å²) in [7, 11) is 2.12. The Morgan fingerprint density at radius 1 is 1.14 bits per heavy atom. The number of likely N-dealkylation sites (N-methyl/N-ethyl adjacent to an activating group) is 1. The Morgan fingerprint density at radius 3 is 2.33 bits per heavy atom. The zero-order chi connectivity index (χ0) is 15.9. The molecule has 1 aliphatic heterocycles. The van der Waals surface area contributed by atoms with E-state index >= 15 is 0 Å². The highest BCUT2D eigenvalue weighted by atomic mass is 16.5. The molecule has 1 heterocycles. The van der Waals surface area contributed by atoms with Gasteiger partial charge < -0.3 is 9.64 Å². The molecule has 0 atom stereocenters. The molecule has 1 rings (SSSR count). The lowest BCUT2D eigenvalue weighted by Crippen LogP contribution is -2.46. The highest BCUT2D eigenvalue weighted by molar-refractivity contribution is 5.71. The van der Waals surface area contributed by atoms with Crippen molar-refractivity contribution < 1.29 is 9.53 Å². The average molecular weight is 298 g/mol. The minimum Gasteiger partial charge on any atom is -0.465 e. The molecule has 1 saturated heterocycles. The monoisotopic (exact) mass is 298 g/mol. The number of esters is 1. The van der Waals surface area contributed by atoms with E-state index in [1.807, 2.05) is 0 Å². The Morgan fingerprint density at radius 2 is 1.76 bits per heavy atom. The summed E-state index contributed by atoms with van der Waals surface area (Å²) in [6.45, 7) is 14.2. The topological polar surface area (TPSA) is 32.8 Å². The molecule has 0 aromatic carbocycles. The van der Waals surface area contributed by atoms with E-state index in [0.29, 0.717) is 24.5 Å². The van der Waals surface area contributed by atoms with Gasteiger partial charge in [-0.2, -0.15) is 0 Å². The molecule has 21 heavy (non-hydrogen) atoms. The Balaban J connectivity index is 2.06. The molecule has 0 radical (unpaired) electrons. The first-order valence-electron chi connectivity index (χ1n) is 8.38. The van der Waals surface area contributed by atoms with Crippen LogP contribution in [-0.2, 0) is 9.53 Å². The maximum atomic E-state index is 11.8. The fourth-order valence-corrected chi connectivity index (χ4v) is 2.39. The van der Waals surface area contributed by atoms with Crippen LogP contribution in [0.2, 0.25) is 0 Å². The fraction of sp³-hybridized carbons (Fsp3) is 0.941. The van der Waals surface area contributed by atoms with Gasteiger partial charge in [0.05, 0.1) is 13.2 Å². The predicted octanol–water partition coefficient (Wildman–Crippen LogP) is 2.63. The quantitative estimate of drug-likeness (QED) is 0.509. The third-order valence-corrected chi connectivity index (χ3v) is 4.99.